The van der Waals surface area contributed by atoms with E-state index >= 15 is 0 Å². The average molecular weight is 476 g/mol. The number of aromatic nitrogens is 1. The van der Waals surface area contributed by atoms with Crippen LogP contribution in [0.25, 0.3) is 27.7 Å². The zero-order chi connectivity index (χ0) is 25.5. The molecule has 0 aliphatic rings. The Morgan fingerprint density at radius 2 is 1.89 bits per heavy atom. The lowest BCUT2D eigenvalue weighted by atomic mass is 9.81. The number of ether oxygens (including phenoxy) is 1. The molecule has 4 rings (SSSR count). The van der Waals surface area contributed by atoms with E-state index in [0.717, 1.165) is 6.07 Å². The molecule has 35 heavy (non-hydrogen) atoms. The summed E-state index contributed by atoms with van der Waals surface area (Å²) in [6, 6.07) is 14.7. The highest BCUT2D eigenvalue weighted by Crippen LogP contribution is 2.47. The van der Waals surface area contributed by atoms with Gasteiger partial charge in [-0.3, -0.25) is 0 Å². The van der Waals surface area contributed by atoms with Crippen molar-refractivity contribution in [3.05, 3.63) is 77.5 Å². The molecule has 0 fully saturated rings. The number of hydrogen-bond donors (Lipinski definition) is 2. The maximum atomic E-state index is 14.6. The van der Waals surface area contributed by atoms with Crippen LogP contribution in [0.5, 0.6) is 11.5 Å². The maximum absolute atomic E-state index is 14.6. The van der Waals surface area contributed by atoms with E-state index in [9.17, 15) is 29.1 Å². The van der Waals surface area contributed by atoms with Crippen molar-refractivity contribution in [1.29, 1.82) is 5.26 Å². The summed E-state index contributed by atoms with van der Waals surface area (Å²) in [6.07, 6.45) is 0.0521. The Morgan fingerprint density at radius 1 is 1.14 bits per heavy atom. The SMILES string of the molecule is COc1cc(-n2c(C(C)(C)CC#N)c(-c3cccc(C(=O)O)c3)c3c(O)cc(F)cc32)ccc1F. The molecule has 0 aliphatic carbocycles. The number of nitriles is 1. The number of carboxylic acids is 1. The van der Waals surface area contributed by atoms with Gasteiger partial charge in [0, 0.05) is 40.9 Å². The highest BCUT2D eigenvalue weighted by Gasteiger charge is 2.33. The van der Waals surface area contributed by atoms with E-state index in [1.165, 1.54) is 43.5 Å². The van der Waals surface area contributed by atoms with Gasteiger partial charge in [-0.2, -0.15) is 5.26 Å². The number of rotatable bonds is 6. The number of halogens is 2. The van der Waals surface area contributed by atoms with Gasteiger partial charge in [-0.05, 0) is 35.9 Å². The molecule has 1 heterocycles. The Morgan fingerprint density at radius 3 is 2.54 bits per heavy atom. The van der Waals surface area contributed by atoms with Gasteiger partial charge in [0.25, 0.3) is 0 Å². The summed E-state index contributed by atoms with van der Waals surface area (Å²) in [4.78, 5) is 11.7. The number of carbonyl (C=O) groups is 1. The molecule has 6 nitrogen and oxygen atoms in total. The summed E-state index contributed by atoms with van der Waals surface area (Å²) >= 11 is 0. The number of hydrogen-bond acceptors (Lipinski definition) is 4. The van der Waals surface area contributed by atoms with Crippen LogP contribution in [0.3, 0.4) is 0 Å². The van der Waals surface area contributed by atoms with E-state index in [0.29, 0.717) is 22.5 Å². The zero-order valence-electron chi connectivity index (χ0n) is 19.3. The van der Waals surface area contributed by atoms with Crippen LogP contribution < -0.4 is 4.74 Å². The van der Waals surface area contributed by atoms with Gasteiger partial charge in [-0.1, -0.05) is 26.0 Å². The van der Waals surface area contributed by atoms with E-state index in [4.69, 9.17) is 4.74 Å². The second kappa shape index (κ2) is 8.76. The van der Waals surface area contributed by atoms with E-state index in [1.807, 2.05) is 13.8 Å². The van der Waals surface area contributed by atoms with E-state index in [2.05, 4.69) is 6.07 Å². The van der Waals surface area contributed by atoms with Crippen molar-refractivity contribution in [3.8, 4) is 34.4 Å². The molecule has 1 aromatic heterocycles. The second-order valence-corrected chi connectivity index (χ2v) is 8.80. The number of fused-ring (bicyclic) bond motifs is 1. The van der Waals surface area contributed by atoms with Crippen LogP contribution in [0.2, 0.25) is 0 Å². The molecule has 8 heteroatoms. The molecule has 3 aromatic carbocycles. The van der Waals surface area contributed by atoms with Gasteiger partial charge in [0.15, 0.2) is 11.6 Å². The number of benzene rings is 3. The third kappa shape index (κ3) is 4.06. The number of nitrogens with zero attached hydrogens (tertiary/aromatic N) is 2. The monoisotopic (exact) mass is 476 g/mol. The third-order valence-electron chi connectivity index (χ3n) is 5.97. The van der Waals surface area contributed by atoms with Crippen LogP contribution in [0, 0.1) is 23.0 Å². The van der Waals surface area contributed by atoms with E-state index in [1.54, 1.807) is 16.7 Å². The Labute approximate surface area is 200 Å². The van der Waals surface area contributed by atoms with Crippen LogP contribution in [0.1, 0.15) is 36.3 Å². The van der Waals surface area contributed by atoms with Crippen molar-refractivity contribution in [1.82, 2.24) is 4.57 Å². The summed E-state index contributed by atoms with van der Waals surface area (Å²) in [6.45, 7) is 3.64. The number of methoxy groups -OCH3 is 1. The number of phenolic OH excluding ortho intramolecular Hbond substituents is 1. The molecule has 0 aliphatic heterocycles. The summed E-state index contributed by atoms with van der Waals surface area (Å²) in [5, 5.41) is 30.3. The molecule has 0 bridgehead atoms. The Balaban J connectivity index is 2.25. The van der Waals surface area contributed by atoms with Crippen molar-refractivity contribution in [2.75, 3.05) is 7.11 Å². The standard InChI is InChI=1S/C27H22F2N2O4/c1-27(2,9-10-30)25-23(15-5-4-6-16(11-15)26(33)34)24-20(12-17(28)13-21(24)32)31(25)18-7-8-19(29)22(14-18)35-3/h4-8,11-14,32H,9H2,1-3H3,(H,33,34). The van der Waals surface area contributed by atoms with Crippen LogP contribution in [0.4, 0.5) is 8.78 Å². The molecule has 0 amide bonds. The summed E-state index contributed by atoms with van der Waals surface area (Å²) in [7, 11) is 1.32. The Hall–Kier alpha value is -4.38. The van der Waals surface area contributed by atoms with Crippen molar-refractivity contribution in [3.63, 3.8) is 0 Å². The quantitative estimate of drug-likeness (QED) is 0.347. The summed E-state index contributed by atoms with van der Waals surface area (Å²) < 4.78 is 35.6. The van der Waals surface area contributed by atoms with Gasteiger partial charge in [-0.25, -0.2) is 13.6 Å². The molecule has 0 radical (unpaired) electrons. The second-order valence-electron chi connectivity index (χ2n) is 8.80. The molecule has 2 N–H and O–H groups in total. The minimum atomic E-state index is -1.13. The summed E-state index contributed by atoms with van der Waals surface area (Å²) in [5.74, 6) is -2.81. The lowest BCUT2D eigenvalue weighted by molar-refractivity contribution is 0.0697. The van der Waals surface area contributed by atoms with Crippen LogP contribution in [0.15, 0.2) is 54.6 Å². The highest BCUT2D eigenvalue weighted by atomic mass is 19.1. The number of aromatic hydroxyl groups is 1. The first-order chi connectivity index (χ1) is 16.6. The van der Waals surface area contributed by atoms with Gasteiger partial charge in [0.2, 0.25) is 0 Å². The topological polar surface area (TPSA) is 95.5 Å². The Kier molecular flexibility index (Phi) is 5.95. The predicted octanol–water partition coefficient (Wildman–Crippen LogP) is 6.18. The lowest BCUT2D eigenvalue weighted by Crippen LogP contribution is -2.22. The van der Waals surface area contributed by atoms with Crippen LogP contribution in [-0.4, -0.2) is 27.9 Å². The minimum absolute atomic E-state index is 0.0255. The average Bonchev–Trinajstić information content (AvgIpc) is 3.15. The minimum Gasteiger partial charge on any atom is -0.507 e. The molecule has 0 saturated carbocycles. The largest absolute Gasteiger partial charge is 0.507 e. The molecule has 0 saturated heterocycles. The fraction of sp³-hybridized carbons (Fsp3) is 0.185. The molecule has 0 unspecified atom stereocenters. The number of phenols is 1. The lowest BCUT2D eigenvalue weighted by Gasteiger charge is -2.27. The first-order valence-electron chi connectivity index (χ1n) is 10.7. The van der Waals surface area contributed by atoms with Gasteiger partial charge < -0.3 is 19.5 Å². The normalized spacial score (nSPS) is 11.4. The van der Waals surface area contributed by atoms with Crippen molar-refractivity contribution in [2.45, 2.75) is 25.7 Å². The van der Waals surface area contributed by atoms with Gasteiger partial charge in [0.1, 0.15) is 11.6 Å². The van der Waals surface area contributed by atoms with Crippen molar-refractivity contribution < 1.29 is 28.5 Å². The van der Waals surface area contributed by atoms with Crippen LogP contribution >= 0.6 is 0 Å². The smallest absolute Gasteiger partial charge is 0.335 e. The van der Waals surface area contributed by atoms with E-state index in [-0.39, 0.29) is 34.4 Å². The molecular weight excluding hydrogens is 454 g/mol. The number of carboxylic acid groups (broad SMARTS) is 1. The molecular formula is C27H22F2N2O4. The third-order valence-corrected chi connectivity index (χ3v) is 5.97. The zero-order valence-corrected chi connectivity index (χ0v) is 19.3. The van der Waals surface area contributed by atoms with Crippen molar-refractivity contribution in [2.24, 2.45) is 0 Å². The first-order valence-corrected chi connectivity index (χ1v) is 10.7. The van der Waals surface area contributed by atoms with Crippen LogP contribution in [-0.2, 0) is 5.41 Å². The molecule has 4 aromatic rings. The van der Waals surface area contributed by atoms with Gasteiger partial charge in [-0.15, -0.1) is 0 Å². The van der Waals surface area contributed by atoms with E-state index < -0.39 is 23.0 Å². The fourth-order valence-electron chi connectivity index (χ4n) is 4.43. The number of aromatic carboxylic acids is 1. The Bertz CT molecular complexity index is 1520. The van der Waals surface area contributed by atoms with Gasteiger partial charge >= 0.3 is 5.97 Å². The fourth-order valence-corrected chi connectivity index (χ4v) is 4.43. The molecule has 178 valence electrons. The molecule has 0 spiro atoms. The van der Waals surface area contributed by atoms with Crippen molar-refractivity contribution >= 4 is 16.9 Å². The maximum Gasteiger partial charge on any atom is 0.335 e. The molecule has 0 atom stereocenters. The highest BCUT2D eigenvalue weighted by molar-refractivity contribution is 6.04. The predicted molar refractivity (Wildman–Crippen MR) is 127 cm³/mol. The first kappa shape index (κ1) is 23.8. The van der Waals surface area contributed by atoms with Gasteiger partial charge in [0.05, 0.1) is 29.6 Å². The summed E-state index contributed by atoms with van der Waals surface area (Å²) in [5.41, 5.74) is 1.29.